The first-order valence-electron chi connectivity index (χ1n) is 6.42. The zero-order chi connectivity index (χ0) is 14.9. The van der Waals surface area contributed by atoms with Gasteiger partial charge in [0.05, 0.1) is 5.69 Å². The minimum absolute atomic E-state index is 0.306. The Bertz CT molecular complexity index is 661. The average molecular weight is 290 g/mol. The molecule has 2 rings (SSSR count). The monoisotopic (exact) mass is 289 g/mol. The normalized spacial score (nSPS) is 10.8. The van der Waals surface area contributed by atoms with Gasteiger partial charge in [-0.3, -0.25) is 0 Å². The van der Waals surface area contributed by atoms with Crippen molar-refractivity contribution in [2.24, 2.45) is 5.92 Å². The van der Waals surface area contributed by atoms with Crippen LogP contribution in [0.15, 0.2) is 6.07 Å². The molecule has 6 heteroatoms. The fourth-order valence-corrected chi connectivity index (χ4v) is 2.31. The zero-order valence-electron chi connectivity index (χ0n) is 12.0. The number of hydrogen-bond acceptors (Lipinski definition) is 4. The van der Waals surface area contributed by atoms with Crippen molar-refractivity contribution in [1.82, 2.24) is 19.7 Å². The highest BCUT2D eigenvalue weighted by Crippen LogP contribution is 2.24. The molecule has 0 aliphatic heterocycles. The Kier molecular flexibility index (Phi) is 4.05. The van der Waals surface area contributed by atoms with E-state index in [1.165, 1.54) is 4.68 Å². The van der Waals surface area contributed by atoms with Crippen LogP contribution in [-0.2, 0) is 6.42 Å². The van der Waals surface area contributed by atoms with Crippen molar-refractivity contribution in [2.45, 2.75) is 34.1 Å². The molecule has 2 aromatic heterocycles. The van der Waals surface area contributed by atoms with Gasteiger partial charge in [0.15, 0.2) is 11.0 Å². The summed E-state index contributed by atoms with van der Waals surface area (Å²) >= 11 is 6.27. The van der Waals surface area contributed by atoms with Crippen LogP contribution < -0.4 is 0 Å². The van der Waals surface area contributed by atoms with Gasteiger partial charge in [-0.15, -0.1) is 0 Å². The van der Waals surface area contributed by atoms with Gasteiger partial charge < -0.3 is 0 Å². The maximum Gasteiger partial charge on any atom is 0.159 e. The topological polar surface area (TPSA) is 67.4 Å². The fraction of sp³-hybridized carbons (Fsp3) is 0.429. The van der Waals surface area contributed by atoms with Crippen molar-refractivity contribution in [2.75, 3.05) is 0 Å². The van der Waals surface area contributed by atoms with Gasteiger partial charge in [-0.25, -0.2) is 14.6 Å². The Hall–Kier alpha value is -1.93. The molecule has 2 aromatic rings. The van der Waals surface area contributed by atoms with Gasteiger partial charge in [0.1, 0.15) is 17.5 Å². The molecule has 0 radical (unpaired) electrons. The first-order valence-corrected chi connectivity index (χ1v) is 6.80. The van der Waals surface area contributed by atoms with E-state index in [0.29, 0.717) is 40.4 Å². The minimum Gasteiger partial charge on any atom is -0.238 e. The number of aryl methyl sites for hydroxylation is 2. The van der Waals surface area contributed by atoms with Crippen LogP contribution in [0.3, 0.4) is 0 Å². The Morgan fingerprint density at radius 2 is 2.05 bits per heavy atom. The van der Waals surface area contributed by atoms with E-state index in [0.717, 1.165) is 5.69 Å². The number of nitrogens with zero attached hydrogens (tertiary/aromatic N) is 5. The van der Waals surface area contributed by atoms with Crippen LogP contribution in [0.4, 0.5) is 0 Å². The van der Waals surface area contributed by atoms with Crippen LogP contribution in [0.25, 0.3) is 5.82 Å². The molecular formula is C14H16ClN5. The molecule has 104 valence electrons. The second-order valence-electron chi connectivity index (χ2n) is 5.15. The van der Waals surface area contributed by atoms with E-state index in [1.807, 2.05) is 13.8 Å². The highest BCUT2D eigenvalue weighted by Gasteiger charge is 2.19. The summed E-state index contributed by atoms with van der Waals surface area (Å²) < 4.78 is 1.51. The van der Waals surface area contributed by atoms with Crippen molar-refractivity contribution in [3.63, 3.8) is 0 Å². The summed E-state index contributed by atoms with van der Waals surface area (Å²) in [6.45, 7) is 7.85. The molecule has 0 bridgehead atoms. The Balaban J connectivity index is 2.57. The third-order valence-corrected chi connectivity index (χ3v) is 3.13. The Morgan fingerprint density at radius 3 is 2.60 bits per heavy atom. The molecule has 5 nitrogen and oxygen atoms in total. The van der Waals surface area contributed by atoms with Gasteiger partial charge in [-0.1, -0.05) is 25.4 Å². The third-order valence-electron chi connectivity index (χ3n) is 2.78. The van der Waals surface area contributed by atoms with Gasteiger partial charge in [0.2, 0.25) is 0 Å². The third kappa shape index (κ3) is 2.81. The lowest BCUT2D eigenvalue weighted by Crippen LogP contribution is -2.04. The first kappa shape index (κ1) is 14.5. The number of aromatic nitrogens is 4. The number of rotatable bonds is 3. The number of hydrogen-bond donors (Lipinski definition) is 0. The molecular weight excluding hydrogens is 274 g/mol. The zero-order valence-corrected chi connectivity index (χ0v) is 12.7. The van der Waals surface area contributed by atoms with Crippen molar-refractivity contribution in [3.05, 3.63) is 34.0 Å². The standard InChI is InChI=1S/C14H16ClN5/c1-8(2)5-12-11(7-16)14(15)20(19-12)13-6-9(3)17-10(4)18-13/h6,8H,5H2,1-4H3. The molecule has 0 N–H and O–H groups in total. The lowest BCUT2D eigenvalue weighted by molar-refractivity contribution is 0.626. The summed E-state index contributed by atoms with van der Waals surface area (Å²) in [5, 5.41) is 14.0. The summed E-state index contributed by atoms with van der Waals surface area (Å²) in [6, 6.07) is 3.93. The molecule has 0 saturated carbocycles. The highest BCUT2D eigenvalue weighted by atomic mass is 35.5. The Labute approximate surface area is 123 Å². The quantitative estimate of drug-likeness (QED) is 0.871. The van der Waals surface area contributed by atoms with Crippen LogP contribution >= 0.6 is 11.6 Å². The first-order chi connectivity index (χ1) is 9.42. The van der Waals surface area contributed by atoms with Crippen LogP contribution in [0.2, 0.25) is 5.15 Å². The molecule has 0 aliphatic rings. The smallest absolute Gasteiger partial charge is 0.159 e. The van der Waals surface area contributed by atoms with E-state index in [1.54, 1.807) is 6.07 Å². The van der Waals surface area contributed by atoms with E-state index in [-0.39, 0.29) is 0 Å². The summed E-state index contributed by atoms with van der Waals surface area (Å²) in [6.07, 6.45) is 0.707. The second-order valence-corrected chi connectivity index (χ2v) is 5.51. The van der Waals surface area contributed by atoms with Crippen molar-refractivity contribution in [3.8, 4) is 11.9 Å². The molecule has 0 aromatic carbocycles. The summed E-state index contributed by atoms with van der Waals surface area (Å²) in [5.41, 5.74) is 1.97. The van der Waals surface area contributed by atoms with E-state index in [4.69, 9.17) is 11.6 Å². The summed E-state index contributed by atoms with van der Waals surface area (Å²) in [5.74, 6) is 1.64. The molecule has 20 heavy (non-hydrogen) atoms. The molecule has 2 heterocycles. The van der Waals surface area contributed by atoms with E-state index >= 15 is 0 Å². The second kappa shape index (κ2) is 5.59. The van der Waals surface area contributed by atoms with Crippen LogP contribution in [0.5, 0.6) is 0 Å². The predicted octanol–water partition coefficient (Wildman–Crippen LogP) is 3.00. The molecule has 0 aliphatic carbocycles. The van der Waals surface area contributed by atoms with Gasteiger partial charge in [0.25, 0.3) is 0 Å². The Morgan fingerprint density at radius 1 is 1.35 bits per heavy atom. The fourth-order valence-electron chi connectivity index (χ4n) is 2.04. The van der Waals surface area contributed by atoms with Gasteiger partial charge >= 0.3 is 0 Å². The predicted molar refractivity (Wildman–Crippen MR) is 76.9 cm³/mol. The SMILES string of the molecule is Cc1cc(-n2nc(CC(C)C)c(C#N)c2Cl)nc(C)n1. The number of nitriles is 1. The number of halogens is 1. The molecule has 0 saturated heterocycles. The largest absolute Gasteiger partial charge is 0.238 e. The van der Waals surface area contributed by atoms with Crippen LogP contribution in [0, 0.1) is 31.1 Å². The van der Waals surface area contributed by atoms with Crippen LogP contribution in [0.1, 0.15) is 36.6 Å². The lowest BCUT2D eigenvalue weighted by atomic mass is 10.1. The highest BCUT2D eigenvalue weighted by molar-refractivity contribution is 6.31. The molecule has 0 fully saturated rings. The van der Waals surface area contributed by atoms with Gasteiger partial charge in [-0.2, -0.15) is 10.4 Å². The molecule has 0 spiro atoms. The van der Waals surface area contributed by atoms with E-state index in [2.05, 4.69) is 35.0 Å². The summed E-state index contributed by atoms with van der Waals surface area (Å²) in [4.78, 5) is 8.56. The summed E-state index contributed by atoms with van der Waals surface area (Å²) in [7, 11) is 0. The molecule has 0 atom stereocenters. The molecule has 0 amide bonds. The van der Waals surface area contributed by atoms with Crippen molar-refractivity contribution < 1.29 is 0 Å². The van der Waals surface area contributed by atoms with Gasteiger partial charge in [0, 0.05) is 11.8 Å². The van der Waals surface area contributed by atoms with Crippen molar-refractivity contribution in [1.29, 1.82) is 5.26 Å². The van der Waals surface area contributed by atoms with Gasteiger partial charge in [-0.05, 0) is 26.2 Å². The average Bonchev–Trinajstić information content (AvgIpc) is 2.63. The van der Waals surface area contributed by atoms with E-state index in [9.17, 15) is 5.26 Å². The van der Waals surface area contributed by atoms with Crippen LogP contribution in [-0.4, -0.2) is 19.7 Å². The van der Waals surface area contributed by atoms with Crippen molar-refractivity contribution >= 4 is 11.6 Å². The van der Waals surface area contributed by atoms with E-state index < -0.39 is 0 Å². The molecule has 0 unspecified atom stereocenters. The maximum absolute atomic E-state index is 9.26. The maximum atomic E-state index is 9.26. The minimum atomic E-state index is 0.306. The lowest BCUT2D eigenvalue weighted by Gasteiger charge is -2.04.